The Balaban J connectivity index is 2.10. The number of H-pyrrole nitrogens is 1. The molecule has 0 radical (unpaired) electrons. The van der Waals surface area contributed by atoms with Gasteiger partial charge in [0.1, 0.15) is 17.2 Å². The van der Waals surface area contributed by atoms with Crippen LogP contribution < -0.4 is 11.1 Å². The fraction of sp³-hybridized carbons (Fsp3) is 0.308. The van der Waals surface area contributed by atoms with E-state index in [0.717, 1.165) is 17.1 Å². The van der Waals surface area contributed by atoms with E-state index in [9.17, 15) is 4.79 Å². The Morgan fingerprint density at radius 3 is 2.67 bits per heavy atom. The molecule has 4 N–H and O–H groups in total. The number of furan rings is 1. The van der Waals surface area contributed by atoms with E-state index < -0.39 is 0 Å². The van der Waals surface area contributed by atoms with Crippen molar-refractivity contribution in [3.8, 4) is 0 Å². The Bertz CT molecular complexity index is 569. The highest BCUT2D eigenvalue weighted by Crippen LogP contribution is 2.21. The third-order valence-corrected chi connectivity index (χ3v) is 2.84. The van der Waals surface area contributed by atoms with Gasteiger partial charge in [-0.25, -0.2) is 0 Å². The SMILES string of the molecule is Cc1cc(C(C)NC(=O)c2cc(N)c[nH]2)c(C)o1. The van der Waals surface area contributed by atoms with E-state index >= 15 is 0 Å². The van der Waals surface area contributed by atoms with Crippen molar-refractivity contribution in [3.63, 3.8) is 0 Å². The van der Waals surface area contributed by atoms with E-state index in [1.807, 2.05) is 26.8 Å². The Morgan fingerprint density at radius 1 is 1.44 bits per heavy atom. The van der Waals surface area contributed by atoms with Crippen LogP contribution in [-0.4, -0.2) is 10.9 Å². The van der Waals surface area contributed by atoms with Crippen LogP contribution >= 0.6 is 0 Å². The number of aryl methyl sites for hydroxylation is 2. The Hall–Kier alpha value is -2.17. The number of carbonyl (C=O) groups is 1. The molecule has 2 heterocycles. The van der Waals surface area contributed by atoms with Gasteiger partial charge in [0, 0.05) is 17.4 Å². The van der Waals surface area contributed by atoms with Crippen molar-refractivity contribution in [2.45, 2.75) is 26.8 Å². The van der Waals surface area contributed by atoms with Crippen LogP contribution in [-0.2, 0) is 0 Å². The zero-order chi connectivity index (χ0) is 13.3. The van der Waals surface area contributed by atoms with Gasteiger partial charge in [-0.1, -0.05) is 0 Å². The maximum Gasteiger partial charge on any atom is 0.268 e. The van der Waals surface area contributed by atoms with Crippen LogP contribution in [0.4, 0.5) is 5.69 Å². The fourth-order valence-electron chi connectivity index (χ4n) is 1.97. The van der Waals surface area contributed by atoms with Crippen molar-refractivity contribution in [1.82, 2.24) is 10.3 Å². The topological polar surface area (TPSA) is 84.0 Å². The maximum absolute atomic E-state index is 11.9. The number of nitrogens with one attached hydrogen (secondary N) is 2. The van der Waals surface area contributed by atoms with Gasteiger partial charge in [0.15, 0.2) is 0 Å². The second-order valence-electron chi connectivity index (χ2n) is 4.41. The van der Waals surface area contributed by atoms with Gasteiger partial charge in [-0.2, -0.15) is 0 Å². The second kappa shape index (κ2) is 4.60. The molecule has 0 spiro atoms. The monoisotopic (exact) mass is 247 g/mol. The predicted octanol–water partition coefficient (Wildman–Crippen LogP) is 2.30. The van der Waals surface area contributed by atoms with Gasteiger partial charge in [-0.15, -0.1) is 0 Å². The molecule has 0 aliphatic carbocycles. The highest BCUT2D eigenvalue weighted by molar-refractivity contribution is 5.93. The second-order valence-corrected chi connectivity index (χ2v) is 4.41. The first-order valence-corrected chi connectivity index (χ1v) is 5.79. The largest absolute Gasteiger partial charge is 0.466 e. The van der Waals surface area contributed by atoms with Gasteiger partial charge in [-0.3, -0.25) is 4.79 Å². The lowest BCUT2D eigenvalue weighted by atomic mass is 10.1. The molecule has 2 aromatic rings. The lowest BCUT2D eigenvalue weighted by Gasteiger charge is -2.12. The quantitative estimate of drug-likeness (QED) is 0.778. The van der Waals surface area contributed by atoms with Crippen molar-refractivity contribution in [3.05, 3.63) is 41.1 Å². The summed E-state index contributed by atoms with van der Waals surface area (Å²) in [6, 6.07) is 3.43. The number of hydrogen-bond donors (Lipinski definition) is 3. The number of hydrogen-bond acceptors (Lipinski definition) is 3. The fourth-order valence-corrected chi connectivity index (χ4v) is 1.97. The molecule has 0 bridgehead atoms. The molecule has 0 fully saturated rings. The highest BCUT2D eigenvalue weighted by atomic mass is 16.3. The van der Waals surface area contributed by atoms with E-state index in [-0.39, 0.29) is 11.9 Å². The van der Waals surface area contributed by atoms with Crippen LogP contribution in [0.2, 0.25) is 0 Å². The molecule has 0 aromatic carbocycles. The lowest BCUT2D eigenvalue weighted by molar-refractivity contribution is 0.0935. The Morgan fingerprint density at radius 2 is 2.17 bits per heavy atom. The molecule has 0 aliphatic heterocycles. The van der Waals surface area contributed by atoms with Crippen LogP contribution in [0.15, 0.2) is 22.7 Å². The standard InChI is InChI=1S/C13H17N3O2/c1-7-4-11(9(3)18-7)8(2)16-13(17)12-5-10(14)6-15-12/h4-6,8,15H,14H2,1-3H3,(H,16,17). The molecule has 0 aliphatic rings. The molecular formula is C13H17N3O2. The molecule has 18 heavy (non-hydrogen) atoms. The number of nitrogens with two attached hydrogens (primary N) is 1. The Labute approximate surface area is 105 Å². The smallest absolute Gasteiger partial charge is 0.268 e. The Kier molecular flexibility index (Phi) is 3.14. The van der Waals surface area contributed by atoms with E-state index in [0.29, 0.717) is 11.4 Å². The summed E-state index contributed by atoms with van der Waals surface area (Å²) in [6.07, 6.45) is 1.59. The van der Waals surface area contributed by atoms with Crippen LogP contribution in [0.3, 0.4) is 0 Å². The van der Waals surface area contributed by atoms with E-state index in [4.69, 9.17) is 10.2 Å². The number of aromatic amines is 1. The van der Waals surface area contributed by atoms with Gasteiger partial charge in [0.2, 0.25) is 0 Å². The molecular weight excluding hydrogens is 230 g/mol. The van der Waals surface area contributed by atoms with Gasteiger partial charge < -0.3 is 20.5 Å². The minimum Gasteiger partial charge on any atom is -0.466 e. The molecule has 0 saturated heterocycles. The summed E-state index contributed by atoms with van der Waals surface area (Å²) in [4.78, 5) is 14.8. The molecule has 5 nitrogen and oxygen atoms in total. The molecule has 1 unspecified atom stereocenters. The minimum atomic E-state index is -0.183. The van der Waals surface area contributed by atoms with E-state index in [2.05, 4.69) is 10.3 Å². The number of anilines is 1. The third-order valence-electron chi connectivity index (χ3n) is 2.84. The van der Waals surface area contributed by atoms with Gasteiger partial charge in [0.25, 0.3) is 5.91 Å². The zero-order valence-corrected chi connectivity index (χ0v) is 10.7. The van der Waals surface area contributed by atoms with Crippen LogP contribution in [0.5, 0.6) is 0 Å². The third kappa shape index (κ3) is 2.40. The van der Waals surface area contributed by atoms with Gasteiger partial charge in [-0.05, 0) is 32.9 Å². The number of rotatable bonds is 3. The van der Waals surface area contributed by atoms with Crippen molar-refractivity contribution < 1.29 is 9.21 Å². The zero-order valence-electron chi connectivity index (χ0n) is 10.7. The summed E-state index contributed by atoms with van der Waals surface area (Å²) in [7, 11) is 0. The van der Waals surface area contributed by atoms with Crippen molar-refractivity contribution >= 4 is 11.6 Å². The first-order valence-electron chi connectivity index (χ1n) is 5.79. The summed E-state index contributed by atoms with van der Waals surface area (Å²) < 4.78 is 5.45. The first kappa shape index (κ1) is 12.3. The van der Waals surface area contributed by atoms with Gasteiger partial charge >= 0.3 is 0 Å². The van der Waals surface area contributed by atoms with Crippen molar-refractivity contribution in [1.29, 1.82) is 0 Å². The molecule has 2 aromatic heterocycles. The molecule has 96 valence electrons. The minimum absolute atomic E-state index is 0.112. The molecule has 2 rings (SSSR count). The lowest BCUT2D eigenvalue weighted by Crippen LogP contribution is -2.27. The molecule has 0 saturated carbocycles. The molecule has 1 atom stereocenters. The predicted molar refractivity (Wildman–Crippen MR) is 69.3 cm³/mol. The first-order chi connectivity index (χ1) is 8.47. The average molecular weight is 247 g/mol. The highest BCUT2D eigenvalue weighted by Gasteiger charge is 2.16. The summed E-state index contributed by atoms with van der Waals surface area (Å²) in [6.45, 7) is 5.69. The maximum atomic E-state index is 11.9. The van der Waals surface area contributed by atoms with Crippen molar-refractivity contribution in [2.75, 3.05) is 5.73 Å². The summed E-state index contributed by atoms with van der Waals surface area (Å²) in [5.74, 6) is 1.48. The van der Waals surface area contributed by atoms with E-state index in [1.54, 1.807) is 12.3 Å². The summed E-state index contributed by atoms with van der Waals surface area (Å²) >= 11 is 0. The normalized spacial score (nSPS) is 12.4. The van der Waals surface area contributed by atoms with E-state index in [1.165, 1.54) is 0 Å². The number of carbonyl (C=O) groups excluding carboxylic acids is 1. The number of nitrogen functional groups attached to an aromatic ring is 1. The summed E-state index contributed by atoms with van der Waals surface area (Å²) in [5.41, 5.74) is 7.55. The average Bonchev–Trinajstić information content (AvgIpc) is 2.84. The summed E-state index contributed by atoms with van der Waals surface area (Å²) in [5, 5.41) is 2.89. The van der Waals surface area contributed by atoms with Crippen molar-refractivity contribution in [2.24, 2.45) is 0 Å². The van der Waals surface area contributed by atoms with Crippen LogP contribution in [0.25, 0.3) is 0 Å². The molecule has 1 amide bonds. The number of aromatic nitrogens is 1. The molecule has 5 heteroatoms. The van der Waals surface area contributed by atoms with Crippen LogP contribution in [0.1, 0.15) is 40.5 Å². The van der Waals surface area contributed by atoms with Gasteiger partial charge in [0.05, 0.1) is 6.04 Å². The number of amides is 1. The van der Waals surface area contributed by atoms with Crippen LogP contribution in [0, 0.1) is 13.8 Å².